The first-order chi connectivity index (χ1) is 24.4. The van der Waals surface area contributed by atoms with Gasteiger partial charge in [-0.15, -0.1) is 0 Å². The SMILES string of the molecule is COc1ccc(C2CC(=O)c3c(O)cc(C4OC(COC(=O)CC(C)(O)CC(=O)O)C(O)C(O)C4OC4OC(C)C(O)C(O)C4O)cc3O2)cc1O. The van der Waals surface area contributed by atoms with Crippen molar-refractivity contribution < 1.29 is 88.8 Å². The topological polar surface area (TPSA) is 289 Å². The normalized spacial score (nSPS) is 32.9. The summed E-state index contributed by atoms with van der Waals surface area (Å²) in [5.41, 5.74) is -1.74. The minimum Gasteiger partial charge on any atom is -0.507 e. The molecule has 0 spiro atoms. The lowest BCUT2D eigenvalue weighted by Gasteiger charge is -2.46. The van der Waals surface area contributed by atoms with Gasteiger partial charge in [-0.3, -0.25) is 14.4 Å². The highest BCUT2D eigenvalue weighted by Crippen LogP contribution is 2.45. The predicted octanol–water partition coefficient (Wildman–Crippen LogP) is -0.654. The maximum absolute atomic E-state index is 13.2. The number of hydrogen-bond donors (Lipinski definition) is 9. The van der Waals surface area contributed by atoms with E-state index in [1.54, 1.807) is 6.07 Å². The van der Waals surface area contributed by atoms with Crippen LogP contribution in [0.25, 0.3) is 0 Å². The molecular weight excluding hydrogens is 696 g/mol. The number of phenols is 2. The molecule has 52 heavy (non-hydrogen) atoms. The maximum Gasteiger partial charge on any atom is 0.308 e. The van der Waals surface area contributed by atoms with E-state index in [1.807, 2.05) is 0 Å². The quantitative estimate of drug-likeness (QED) is 0.129. The Labute approximate surface area is 296 Å². The molecular formula is C34H42O18. The first kappa shape index (κ1) is 39.1. The number of ketones is 1. The van der Waals surface area contributed by atoms with E-state index in [2.05, 4.69) is 0 Å². The molecule has 3 heterocycles. The number of aliphatic carboxylic acids is 1. The Morgan fingerprint density at radius 3 is 2.25 bits per heavy atom. The number of benzene rings is 2. The van der Waals surface area contributed by atoms with Crippen molar-refractivity contribution in [2.75, 3.05) is 13.7 Å². The average Bonchev–Trinajstić information content (AvgIpc) is 3.06. The molecule has 3 aliphatic rings. The number of hydrogen-bond acceptors (Lipinski definition) is 17. The van der Waals surface area contributed by atoms with Gasteiger partial charge in [0.05, 0.1) is 38.1 Å². The Hall–Kier alpha value is -4.11. The molecule has 2 aromatic rings. The summed E-state index contributed by atoms with van der Waals surface area (Å²) in [6, 6.07) is 6.83. The molecule has 18 nitrogen and oxygen atoms in total. The minimum absolute atomic E-state index is 0.00197. The first-order valence-corrected chi connectivity index (χ1v) is 16.3. The fourth-order valence-electron chi connectivity index (χ4n) is 6.42. The highest BCUT2D eigenvalue weighted by atomic mass is 16.7. The van der Waals surface area contributed by atoms with Crippen LogP contribution in [-0.2, 0) is 28.5 Å². The molecule has 0 aliphatic carbocycles. The van der Waals surface area contributed by atoms with Gasteiger partial charge in [-0.1, -0.05) is 6.07 Å². The van der Waals surface area contributed by atoms with Crippen LogP contribution in [0.2, 0.25) is 0 Å². The first-order valence-electron chi connectivity index (χ1n) is 16.3. The summed E-state index contributed by atoms with van der Waals surface area (Å²) >= 11 is 0. The molecule has 2 fully saturated rings. The number of fused-ring (bicyclic) bond motifs is 1. The summed E-state index contributed by atoms with van der Waals surface area (Å²) in [5, 5.41) is 94.2. The van der Waals surface area contributed by atoms with Gasteiger partial charge in [-0.05, 0) is 49.2 Å². The number of Topliss-reactive ketones (excluding diaryl/α,β-unsaturated/α-hetero) is 1. The van der Waals surface area contributed by atoms with Crippen LogP contribution in [0.15, 0.2) is 30.3 Å². The fourth-order valence-corrected chi connectivity index (χ4v) is 6.42. The number of ether oxygens (including phenoxy) is 6. The van der Waals surface area contributed by atoms with E-state index in [9.17, 15) is 55.2 Å². The number of aliphatic hydroxyl groups excluding tert-OH is 5. The third-order valence-electron chi connectivity index (χ3n) is 9.18. The zero-order valence-corrected chi connectivity index (χ0v) is 28.3. The maximum atomic E-state index is 13.2. The zero-order chi connectivity index (χ0) is 38.2. The number of carboxylic acid groups (broad SMARTS) is 1. The number of phenolic OH excluding ortho intramolecular Hbond substituents is 2. The van der Waals surface area contributed by atoms with Crippen molar-refractivity contribution in [3.63, 3.8) is 0 Å². The van der Waals surface area contributed by atoms with E-state index in [0.29, 0.717) is 5.56 Å². The molecule has 0 radical (unpaired) electrons. The third kappa shape index (κ3) is 8.25. The zero-order valence-electron chi connectivity index (χ0n) is 28.3. The van der Waals surface area contributed by atoms with Gasteiger partial charge >= 0.3 is 11.9 Å². The largest absolute Gasteiger partial charge is 0.507 e. The highest BCUT2D eigenvalue weighted by Gasteiger charge is 2.51. The Morgan fingerprint density at radius 2 is 1.60 bits per heavy atom. The van der Waals surface area contributed by atoms with E-state index in [4.69, 9.17) is 33.5 Å². The number of esters is 1. The van der Waals surface area contributed by atoms with Crippen molar-refractivity contribution in [1.82, 2.24) is 0 Å². The smallest absolute Gasteiger partial charge is 0.308 e. The van der Waals surface area contributed by atoms with Crippen LogP contribution < -0.4 is 9.47 Å². The van der Waals surface area contributed by atoms with Crippen LogP contribution in [0.3, 0.4) is 0 Å². The summed E-state index contributed by atoms with van der Waals surface area (Å²) in [4.78, 5) is 36.8. The minimum atomic E-state index is -1.97. The Balaban J connectivity index is 1.46. The van der Waals surface area contributed by atoms with E-state index in [1.165, 1.54) is 32.2 Å². The predicted molar refractivity (Wildman–Crippen MR) is 170 cm³/mol. The van der Waals surface area contributed by atoms with Crippen LogP contribution >= 0.6 is 0 Å². The van der Waals surface area contributed by atoms with Gasteiger partial charge in [0.25, 0.3) is 0 Å². The van der Waals surface area contributed by atoms with E-state index < -0.39 is 116 Å². The summed E-state index contributed by atoms with van der Waals surface area (Å²) in [6.45, 7) is 1.79. The van der Waals surface area contributed by atoms with E-state index >= 15 is 0 Å². The van der Waals surface area contributed by atoms with Gasteiger partial charge in [-0.25, -0.2) is 0 Å². The lowest BCUT2D eigenvalue weighted by Crippen LogP contribution is -2.62. The Bertz CT molecular complexity index is 1640. The van der Waals surface area contributed by atoms with Crippen LogP contribution in [0.1, 0.15) is 66.8 Å². The monoisotopic (exact) mass is 738 g/mol. The standard InChI is InChI=1S/C34H42O18/c1-13-26(41)28(43)30(45)33(49-13)52-32-29(44)27(42)22(12-48-24(40)11-34(2,46)10-23(38)39)51-31(32)15-7-17(36)25-18(37)9-20(50-21(25)8-15)14-4-5-19(47-3)16(35)6-14/h4-8,13,20,22,26-33,35-36,41-46H,9-12H2,1-3H3,(H,38,39). The number of aromatic hydroxyl groups is 2. The second-order valence-electron chi connectivity index (χ2n) is 13.4. The molecule has 0 amide bonds. The molecule has 5 rings (SSSR count). The van der Waals surface area contributed by atoms with Crippen LogP contribution in [0.4, 0.5) is 0 Å². The van der Waals surface area contributed by atoms with Crippen molar-refractivity contribution >= 4 is 17.7 Å². The number of carbonyl (C=O) groups is 3. The molecule has 2 aromatic carbocycles. The molecule has 2 saturated heterocycles. The van der Waals surface area contributed by atoms with E-state index in [-0.39, 0.29) is 34.8 Å². The van der Waals surface area contributed by atoms with Gasteiger partial charge in [0.1, 0.15) is 78.6 Å². The van der Waals surface area contributed by atoms with Crippen LogP contribution in [0, 0.1) is 0 Å². The molecule has 3 aliphatic heterocycles. The molecule has 286 valence electrons. The number of carboxylic acids is 1. The van der Waals surface area contributed by atoms with Gasteiger partial charge < -0.3 is 74.4 Å². The average molecular weight is 739 g/mol. The number of carbonyl (C=O) groups excluding carboxylic acids is 2. The second-order valence-corrected chi connectivity index (χ2v) is 13.4. The fraction of sp³-hybridized carbons (Fsp3) is 0.559. The number of rotatable bonds is 11. The molecule has 0 bridgehead atoms. The lowest BCUT2D eigenvalue weighted by molar-refractivity contribution is -0.338. The number of aliphatic hydroxyl groups is 6. The van der Waals surface area contributed by atoms with E-state index in [0.717, 1.165) is 13.0 Å². The summed E-state index contributed by atoms with van der Waals surface area (Å²) in [7, 11) is 1.37. The molecule has 0 aromatic heterocycles. The number of methoxy groups -OCH3 is 1. The van der Waals surface area contributed by atoms with Crippen molar-refractivity contribution in [2.45, 2.75) is 106 Å². The molecule has 18 heteroatoms. The summed E-state index contributed by atoms with van der Waals surface area (Å²) in [6.07, 6.45) is -18.9. The van der Waals surface area contributed by atoms with Crippen molar-refractivity contribution in [1.29, 1.82) is 0 Å². The molecule has 12 unspecified atom stereocenters. The van der Waals surface area contributed by atoms with Crippen LogP contribution in [-0.4, -0.2) is 138 Å². The summed E-state index contributed by atoms with van der Waals surface area (Å²) < 4.78 is 33.8. The van der Waals surface area contributed by atoms with Gasteiger partial charge in [0.2, 0.25) is 0 Å². The lowest BCUT2D eigenvalue weighted by atomic mass is 9.88. The summed E-state index contributed by atoms with van der Waals surface area (Å²) in [5.74, 6) is -3.64. The van der Waals surface area contributed by atoms with Crippen LogP contribution in [0.5, 0.6) is 23.0 Å². The molecule has 9 N–H and O–H groups in total. The van der Waals surface area contributed by atoms with Crippen molar-refractivity contribution in [3.05, 3.63) is 47.0 Å². The molecule has 0 saturated carbocycles. The van der Waals surface area contributed by atoms with Gasteiger partial charge in [-0.2, -0.15) is 0 Å². The Kier molecular flexibility index (Phi) is 11.6. The van der Waals surface area contributed by atoms with Gasteiger partial charge in [0, 0.05) is 0 Å². The van der Waals surface area contributed by atoms with Crippen molar-refractivity contribution in [2.24, 2.45) is 0 Å². The van der Waals surface area contributed by atoms with Gasteiger partial charge in [0.15, 0.2) is 23.6 Å². The Morgan fingerprint density at radius 1 is 0.904 bits per heavy atom. The van der Waals surface area contributed by atoms with Crippen molar-refractivity contribution in [3.8, 4) is 23.0 Å². The molecule has 12 atom stereocenters. The third-order valence-corrected chi connectivity index (χ3v) is 9.18. The second kappa shape index (κ2) is 15.5. The highest BCUT2D eigenvalue weighted by molar-refractivity contribution is 6.02.